The summed E-state index contributed by atoms with van der Waals surface area (Å²) in [5.74, 6) is -1.88. The lowest BCUT2D eigenvalue weighted by molar-refractivity contribution is -0.385. The number of ether oxygens (including phenoxy) is 1. The van der Waals surface area contributed by atoms with Crippen LogP contribution in [0.15, 0.2) is 12.3 Å². The van der Waals surface area contributed by atoms with Crippen molar-refractivity contribution in [2.75, 3.05) is 19.7 Å². The highest BCUT2D eigenvalue weighted by Crippen LogP contribution is 2.27. The third-order valence-corrected chi connectivity index (χ3v) is 3.20. The fraction of sp³-hybridized carbons (Fsp3) is 0.364. The molecule has 1 atom stereocenters. The topological polar surface area (TPSA) is 123 Å². The maximum absolute atomic E-state index is 12.3. The van der Waals surface area contributed by atoms with Crippen molar-refractivity contribution in [1.82, 2.24) is 9.88 Å². The minimum Gasteiger partial charge on any atom is -0.479 e. The van der Waals surface area contributed by atoms with Crippen molar-refractivity contribution >= 4 is 29.2 Å². The average molecular weight is 316 g/mol. The first-order valence-corrected chi connectivity index (χ1v) is 6.22. The number of aliphatic carboxylic acids is 1. The van der Waals surface area contributed by atoms with Crippen LogP contribution in [0, 0.1) is 10.1 Å². The molecule has 0 spiro atoms. The van der Waals surface area contributed by atoms with Crippen LogP contribution in [0.1, 0.15) is 10.4 Å². The maximum Gasteiger partial charge on any atom is 0.334 e. The highest BCUT2D eigenvalue weighted by Gasteiger charge is 2.33. The van der Waals surface area contributed by atoms with E-state index in [1.807, 2.05) is 0 Å². The van der Waals surface area contributed by atoms with E-state index in [0.717, 1.165) is 0 Å². The molecular weight excluding hydrogens is 306 g/mol. The van der Waals surface area contributed by atoms with E-state index in [1.165, 1.54) is 17.2 Å². The number of carbonyl (C=O) groups is 2. The number of carboxylic acids is 1. The lowest BCUT2D eigenvalue weighted by Gasteiger charge is -2.30. The number of hydrogen-bond donors (Lipinski definition) is 1. The first-order valence-electron chi connectivity index (χ1n) is 5.84. The molecule has 0 aromatic carbocycles. The Kier molecular flexibility index (Phi) is 4.34. The van der Waals surface area contributed by atoms with Gasteiger partial charge in [-0.2, -0.15) is 0 Å². The Balaban J connectivity index is 2.30. The van der Waals surface area contributed by atoms with Crippen molar-refractivity contribution < 1.29 is 24.4 Å². The van der Waals surface area contributed by atoms with Crippen LogP contribution in [-0.4, -0.2) is 57.6 Å². The lowest BCUT2D eigenvalue weighted by Crippen LogP contribution is -2.48. The Labute approximate surface area is 123 Å². The van der Waals surface area contributed by atoms with Gasteiger partial charge < -0.3 is 14.7 Å². The van der Waals surface area contributed by atoms with E-state index in [2.05, 4.69) is 4.98 Å². The summed E-state index contributed by atoms with van der Waals surface area (Å²) >= 11 is 5.64. The van der Waals surface area contributed by atoms with Crippen LogP contribution in [0.2, 0.25) is 5.15 Å². The second-order valence-electron chi connectivity index (χ2n) is 4.20. The molecule has 9 nitrogen and oxygen atoms in total. The fourth-order valence-electron chi connectivity index (χ4n) is 1.93. The number of rotatable bonds is 3. The normalized spacial score (nSPS) is 18.3. The van der Waals surface area contributed by atoms with E-state index < -0.39 is 33.7 Å². The smallest absolute Gasteiger partial charge is 0.334 e. The number of morpholine rings is 1. The molecule has 1 aliphatic rings. The Hall–Kier alpha value is -2.26. The standard InChI is InChI=1S/C11H10ClN3O6/c12-9-8(15(19)20)6(1-2-13-9)10(16)14-3-4-21-7(5-14)11(17)18/h1-2,7H,3-5H2,(H,17,18). The molecule has 1 saturated heterocycles. The van der Waals surface area contributed by atoms with Crippen LogP contribution in [-0.2, 0) is 9.53 Å². The van der Waals surface area contributed by atoms with Gasteiger partial charge in [-0.25, -0.2) is 9.78 Å². The summed E-state index contributed by atoms with van der Waals surface area (Å²) < 4.78 is 4.99. The molecule has 1 N–H and O–H groups in total. The lowest BCUT2D eigenvalue weighted by atomic mass is 10.1. The Morgan fingerprint density at radius 3 is 2.90 bits per heavy atom. The van der Waals surface area contributed by atoms with Gasteiger partial charge in [0, 0.05) is 12.7 Å². The third kappa shape index (κ3) is 3.09. The maximum atomic E-state index is 12.3. The largest absolute Gasteiger partial charge is 0.479 e. The van der Waals surface area contributed by atoms with E-state index in [-0.39, 0.29) is 25.3 Å². The monoisotopic (exact) mass is 315 g/mol. The van der Waals surface area contributed by atoms with E-state index in [0.29, 0.717) is 0 Å². The number of pyridine rings is 1. The summed E-state index contributed by atoms with van der Waals surface area (Å²) in [5, 5.41) is 19.5. The molecule has 2 heterocycles. The summed E-state index contributed by atoms with van der Waals surface area (Å²) in [7, 11) is 0. The van der Waals surface area contributed by atoms with Crippen molar-refractivity contribution in [3.05, 3.63) is 33.1 Å². The predicted octanol–water partition coefficient (Wildman–Crippen LogP) is 0.569. The summed E-state index contributed by atoms with van der Waals surface area (Å²) in [5.41, 5.74) is -0.825. The molecule has 2 rings (SSSR count). The van der Waals surface area contributed by atoms with E-state index in [9.17, 15) is 19.7 Å². The van der Waals surface area contributed by atoms with Gasteiger partial charge >= 0.3 is 11.7 Å². The number of hydrogen-bond acceptors (Lipinski definition) is 6. The number of aromatic nitrogens is 1. The minimum atomic E-state index is -1.20. The van der Waals surface area contributed by atoms with Crippen molar-refractivity contribution in [2.24, 2.45) is 0 Å². The van der Waals surface area contributed by atoms with Crippen LogP contribution in [0.3, 0.4) is 0 Å². The van der Waals surface area contributed by atoms with E-state index in [1.54, 1.807) is 0 Å². The molecule has 1 aromatic heterocycles. The molecule has 112 valence electrons. The number of nitro groups is 1. The first-order chi connectivity index (χ1) is 9.91. The summed E-state index contributed by atoms with van der Waals surface area (Å²) in [6, 6.07) is 1.18. The van der Waals surface area contributed by atoms with Gasteiger partial charge in [0.2, 0.25) is 5.15 Å². The highest BCUT2D eigenvalue weighted by atomic mass is 35.5. The molecule has 0 aliphatic carbocycles. The number of nitrogens with zero attached hydrogens (tertiary/aromatic N) is 3. The SMILES string of the molecule is O=C(O)C1CN(C(=O)c2ccnc(Cl)c2[N+](=O)[O-])CCO1. The molecule has 1 amide bonds. The van der Waals surface area contributed by atoms with Gasteiger partial charge in [-0.15, -0.1) is 0 Å². The van der Waals surface area contributed by atoms with Crippen LogP contribution in [0.4, 0.5) is 5.69 Å². The second-order valence-corrected chi connectivity index (χ2v) is 4.56. The molecule has 1 unspecified atom stereocenters. The average Bonchev–Trinajstić information content (AvgIpc) is 2.45. The molecule has 1 fully saturated rings. The molecule has 0 radical (unpaired) electrons. The summed E-state index contributed by atoms with van der Waals surface area (Å²) in [6.45, 7) is -0.0136. The van der Waals surface area contributed by atoms with Gasteiger partial charge in [-0.3, -0.25) is 14.9 Å². The van der Waals surface area contributed by atoms with Gasteiger partial charge in [0.25, 0.3) is 5.91 Å². The van der Waals surface area contributed by atoms with Crippen molar-refractivity contribution in [2.45, 2.75) is 6.10 Å². The van der Waals surface area contributed by atoms with Gasteiger partial charge in [-0.1, -0.05) is 11.6 Å². The van der Waals surface area contributed by atoms with Crippen LogP contribution in [0.25, 0.3) is 0 Å². The first kappa shape index (κ1) is 15.1. The Bertz CT molecular complexity index is 608. The number of carbonyl (C=O) groups excluding carboxylic acids is 1. The van der Waals surface area contributed by atoms with Crippen LogP contribution >= 0.6 is 11.6 Å². The third-order valence-electron chi connectivity index (χ3n) is 2.92. The fourth-order valence-corrected chi connectivity index (χ4v) is 2.16. The number of halogens is 1. The molecule has 21 heavy (non-hydrogen) atoms. The Morgan fingerprint density at radius 2 is 2.29 bits per heavy atom. The van der Waals surface area contributed by atoms with Crippen molar-refractivity contribution in [3.63, 3.8) is 0 Å². The van der Waals surface area contributed by atoms with Gasteiger partial charge in [0.05, 0.1) is 18.1 Å². The quantitative estimate of drug-likeness (QED) is 0.491. The zero-order valence-electron chi connectivity index (χ0n) is 10.6. The minimum absolute atomic E-state index is 0.0370. The Morgan fingerprint density at radius 1 is 1.57 bits per heavy atom. The molecule has 0 saturated carbocycles. The predicted molar refractivity (Wildman–Crippen MR) is 69.2 cm³/mol. The van der Waals surface area contributed by atoms with Crippen LogP contribution in [0.5, 0.6) is 0 Å². The molecule has 1 aliphatic heterocycles. The van der Waals surface area contributed by atoms with Gasteiger partial charge in [0.15, 0.2) is 6.10 Å². The summed E-state index contributed by atoms with van der Waals surface area (Å²) in [6.07, 6.45) is 0.0246. The number of carboxylic acid groups (broad SMARTS) is 1. The van der Waals surface area contributed by atoms with Gasteiger partial charge in [-0.05, 0) is 6.07 Å². The molecule has 1 aromatic rings. The van der Waals surface area contributed by atoms with Crippen molar-refractivity contribution in [3.8, 4) is 0 Å². The van der Waals surface area contributed by atoms with Gasteiger partial charge in [0.1, 0.15) is 5.56 Å². The molecular formula is C11H10ClN3O6. The van der Waals surface area contributed by atoms with Crippen LogP contribution < -0.4 is 0 Å². The van der Waals surface area contributed by atoms with E-state index >= 15 is 0 Å². The zero-order valence-corrected chi connectivity index (χ0v) is 11.3. The zero-order chi connectivity index (χ0) is 15.6. The summed E-state index contributed by atoms with van der Waals surface area (Å²) in [4.78, 5) is 38.2. The molecule has 0 bridgehead atoms. The van der Waals surface area contributed by atoms with Crippen molar-refractivity contribution in [1.29, 1.82) is 0 Å². The highest BCUT2D eigenvalue weighted by molar-refractivity contribution is 6.32. The number of amides is 1. The van der Waals surface area contributed by atoms with E-state index in [4.69, 9.17) is 21.4 Å². The molecule has 10 heteroatoms. The second kappa shape index (κ2) is 6.02.